The summed E-state index contributed by atoms with van der Waals surface area (Å²) in [5, 5.41) is 7.14. The third-order valence-electron chi connectivity index (χ3n) is 4.69. The van der Waals surface area contributed by atoms with Crippen molar-refractivity contribution < 1.29 is 0 Å². The third-order valence-corrected chi connectivity index (χ3v) is 5.64. The van der Waals surface area contributed by atoms with Gasteiger partial charge in [-0.25, -0.2) is 4.98 Å². The predicted molar refractivity (Wildman–Crippen MR) is 80.4 cm³/mol. The van der Waals surface area contributed by atoms with Gasteiger partial charge in [0.1, 0.15) is 5.01 Å². The maximum atomic E-state index is 4.53. The van der Waals surface area contributed by atoms with Crippen LogP contribution in [0.5, 0.6) is 0 Å². The Hall–Kier alpha value is -0.450. The molecule has 1 aliphatic carbocycles. The first-order valence-corrected chi connectivity index (χ1v) is 8.43. The van der Waals surface area contributed by atoms with Gasteiger partial charge in [-0.05, 0) is 31.6 Å². The lowest BCUT2D eigenvalue weighted by Gasteiger charge is -2.45. The Balaban J connectivity index is 1.76. The van der Waals surface area contributed by atoms with Gasteiger partial charge < -0.3 is 5.32 Å². The molecule has 1 aromatic heterocycles. The molecule has 106 valence electrons. The van der Waals surface area contributed by atoms with Gasteiger partial charge in [0.15, 0.2) is 0 Å². The average Bonchev–Trinajstić information content (AvgIpc) is 3.12. The van der Waals surface area contributed by atoms with Crippen LogP contribution in [-0.2, 0) is 0 Å². The number of nitrogens with zero attached hydrogens (tertiary/aromatic N) is 2. The summed E-state index contributed by atoms with van der Waals surface area (Å²) in [7, 11) is 0. The minimum atomic E-state index is 0.454. The van der Waals surface area contributed by atoms with E-state index in [-0.39, 0.29) is 0 Å². The van der Waals surface area contributed by atoms with Gasteiger partial charge >= 0.3 is 0 Å². The van der Waals surface area contributed by atoms with E-state index < -0.39 is 0 Å². The van der Waals surface area contributed by atoms with Crippen LogP contribution in [0.4, 0.5) is 0 Å². The van der Waals surface area contributed by atoms with Crippen molar-refractivity contribution >= 4 is 11.3 Å². The van der Waals surface area contributed by atoms with Crippen LogP contribution in [0, 0.1) is 11.8 Å². The molecule has 3 nitrogen and oxygen atoms in total. The van der Waals surface area contributed by atoms with Crippen LogP contribution in [0.2, 0.25) is 0 Å². The number of thiazole rings is 1. The first kappa shape index (κ1) is 13.5. The zero-order valence-corrected chi connectivity index (χ0v) is 13.0. The molecule has 1 saturated heterocycles. The molecule has 1 saturated carbocycles. The van der Waals surface area contributed by atoms with E-state index in [0.717, 1.165) is 12.5 Å². The van der Waals surface area contributed by atoms with E-state index in [4.69, 9.17) is 0 Å². The van der Waals surface area contributed by atoms with E-state index in [2.05, 4.69) is 41.4 Å². The topological polar surface area (TPSA) is 28.2 Å². The van der Waals surface area contributed by atoms with Gasteiger partial charge in [-0.15, -0.1) is 11.3 Å². The van der Waals surface area contributed by atoms with Gasteiger partial charge in [-0.1, -0.05) is 13.8 Å². The fourth-order valence-corrected chi connectivity index (χ4v) is 3.99. The minimum Gasteiger partial charge on any atom is -0.311 e. The summed E-state index contributed by atoms with van der Waals surface area (Å²) in [4.78, 5) is 7.22. The summed E-state index contributed by atoms with van der Waals surface area (Å²) in [5.41, 5.74) is 0. The molecule has 4 heteroatoms. The average molecular weight is 279 g/mol. The molecule has 2 heterocycles. The summed E-state index contributed by atoms with van der Waals surface area (Å²) in [5.74, 6) is 1.62. The van der Waals surface area contributed by atoms with Crippen molar-refractivity contribution in [3.05, 3.63) is 16.6 Å². The minimum absolute atomic E-state index is 0.454. The summed E-state index contributed by atoms with van der Waals surface area (Å²) < 4.78 is 0. The Kier molecular flexibility index (Phi) is 3.92. The third kappa shape index (κ3) is 2.86. The van der Waals surface area contributed by atoms with Crippen molar-refractivity contribution in [2.24, 2.45) is 11.8 Å². The van der Waals surface area contributed by atoms with Crippen molar-refractivity contribution in [3.63, 3.8) is 0 Å². The van der Waals surface area contributed by atoms with Crippen molar-refractivity contribution in [1.29, 1.82) is 0 Å². The van der Waals surface area contributed by atoms with Gasteiger partial charge in [-0.3, -0.25) is 4.90 Å². The second kappa shape index (κ2) is 5.51. The molecule has 0 radical (unpaired) electrons. The molecule has 19 heavy (non-hydrogen) atoms. The fraction of sp³-hybridized carbons (Fsp3) is 0.800. The standard InChI is InChI=1S/C15H25N3S/c1-10(2)14-8-17-13(12-4-5-12)9-18(14)11(3)15-16-6-7-19-15/h6-7,10-14,17H,4-5,8-9H2,1-3H3. The smallest absolute Gasteiger partial charge is 0.109 e. The summed E-state index contributed by atoms with van der Waals surface area (Å²) in [6.45, 7) is 9.32. The molecule has 1 aliphatic heterocycles. The van der Waals surface area contributed by atoms with Crippen LogP contribution >= 0.6 is 11.3 Å². The second-order valence-electron chi connectivity index (χ2n) is 6.41. The lowest BCUT2D eigenvalue weighted by molar-refractivity contribution is 0.0568. The lowest BCUT2D eigenvalue weighted by Crippen LogP contribution is -2.59. The van der Waals surface area contributed by atoms with Gasteiger partial charge in [0.25, 0.3) is 0 Å². The Morgan fingerprint density at radius 2 is 2.16 bits per heavy atom. The maximum absolute atomic E-state index is 4.53. The Morgan fingerprint density at radius 1 is 1.37 bits per heavy atom. The number of nitrogens with one attached hydrogen (secondary N) is 1. The summed E-state index contributed by atoms with van der Waals surface area (Å²) in [6.07, 6.45) is 4.77. The van der Waals surface area contributed by atoms with E-state index in [9.17, 15) is 0 Å². The molecule has 2 aliphatic rings. The Morgan fingerprint density at radius 3 is 2.74 bits per heavy atom. The molecule has 0 aromatic carbocycles. The highest BCUT2D eigenvalue weighted by Crippen LogP contribution is 2.37. The first-order chi connectivity index (χ1) is 9.16. The highest BCUT2D eigenvalue weighted by atomic mass is 32.1. The number of hydrogen-bond acceptors (Lipinski definition) is 4. The van der Waals surface area contributed by atoms with E-state index >= 15 is 0 Å². The van der Waals surface area contributed by atoms with Crippen LogP contribution in [0.15, 0.2) is 11.6 Å². The van der Waals surface area contributed by atoms with Crippen LogP contribution in [0.1, 0.15) is 44.7 Å². The Bertz CT molecular complexity index is 400. The second-order valence-corrected chi connectivity index (χ2v) is 7.33. The van der Waals surface area contributed by atoms with Gasteiger partial charge in [0.05, 0.1) is 6.04 Å². The van der Waals surface area contributed by atoms with Crippen LogP contribution in [-0.4, -0.2) is 35.1 Å². The van der Waals surface area contributed by atoms with Gasteiger partial charge in [0, 0.05) is 36.8 Å². The molecule has 1 N–H and O–H groups in total. The van der Waals surface area contributed by atoms with E-state index in [1.165, 1.54) is 24.4 Å². The zero-order valence-electron chi connectivity index (χ0n) is 12.2. The monoisotopic (exact) mass is 279 g/mol. The van der Waals surface area contributed by atoms with Crippen LogP contribution in [0.3, 0.4) is 0 Å². The van der Waals surface area contributed by atoms with E-state index in [1.807, 2.05) is 6.20 Å². The molecule has 0 amide bonds. The molecule has 0 bridgehead atoms. The van der Waals surface area contributed by atoms with Crippen molar-refractivity contribution in [2.45, 2.75) is 51.7 Å². The largest absolute Gasteiger partial charge is 0.311 e. The van der Waals surface area contributed by atoms with Crippen LogP contribution < -0.4 is 5.32 Å². The quantitative estimate of drug-likeness (QED) is 0.918. The highest BCUT2D eigenvalue weighted by Gasteiger charge is 2.40. The molecule has 3 unspecified atom stereocenters. The Labute approximate surface area is 120 Å². The lowest BCUT2D eigenvalue weighted by atomic mass is 9.95. The zero-order chi connectivity index (χ0) is 13.4. The van der Waals surface area contributed by atoms with Crippen LogP contribution in [0.25, 0.3) is 0 Å². The highest BCUT2D eigenvalue weighted by molar-refractivity contribution is 7.09. The molecular weight excluding hydrogens is 254 g/mol. The number of aromatic nitrogens is 1. The van der Waals surface area contributed by atoms with E-state index in [0.29, 0.717) is 24.0 Å². The molecule has 1 aromatic rings. The molecule has 3 rings (SSSR count). The van der Waals surface area contributed by atoms with Crippen molar-refractivity contribution in [1.82, 2.24) is 15.2 Å². The maximum Gasteiger partial charge on any atom is 0.109 e. The van der Waals surface area contributed by atoms with Crippen molar-refractivity contribution in [3.8, 4) is 0 Å². The number of hydrogen-bond donors (Lipinski definition) is 1. The molecule has 3 atom stereocenters. The first-order valence-electron chi connectivity index (χ1n) is 7.55. The molecular formula is C15H25N3S. The van der Waals surface area contributed by atoms with E-state index in [1.54, 1.807) is 11.3 Å². The van der Waals surface area contributed by atoms with Gasteiger partial charge in [0.2, 0.25) is 0 Å². The normalized spacial score (nSPS) is 30.7. The SMILES string of the molecule is CC(C)C1CNC(C2CC2)CN1C(C)c1nccs1. The number of rotatable bonds is 4. The fourth-order valence-electron chi connectivity index (χ4n) is 3.28. The number of piperazine rings is 1. The molecule has 0 spiro atoms. The van der Waals surface area contributed by atoms with Gasteiger partial charge in [-0.2, -0.15) is 0 Å². The summed E-state index contributed by atoms with van der Waals surface area (Å²) >= 11 is 1.79. The summed E-state index contributed by atoms with van der Waals surface area (Å²) in [6, 6.07) is 1.79. The predicted octanol–water partition coefficient (Wildman–Crippen LogP) is 2.91. The molecule has 2 fully saturated rings. The van der Waals surface area contributed by atoms with Crippen molar-refractivity contribution in [2.75, 3.05) is 13.1 Å².